The van der Waals surface area contributed by atoms with Gasteiger partial charge >= 0.3 is 5.97 Å². The quantitative estimate of drug-likeness (QED) is 0.763. The van der Waals surface area contributed by atoms with E-state index in [0.717, 1.165) is 4.47 Å². The molecule has 0 bridgehead atoms. The fraction of sp³-hybridized carbons (Fsp3) is 0.176. The molecule has 1 amide bonds. The second kappa shape index (κ2) is 8.44. The maximum Gasteiger partial charge on any atom is 0.325 e. The number of hydrogen-bond donors (Lipinski definition) is 1. The van der Waals surface area contributed by atoms with Crippen LogP contribution in [0.1, 0.15) is 15.9 Å². The van der Waals surface area contributed by atoms with Crippen molar-refractivity contribution >= 4 is 27.8 Å². The molecule has 2 aromatic rings. The molecule has 7 heteroatoms. The van der Waals surface area contributed by atoms with Gasteiger partial charge in [-0.3, -0.25) is 9.59 Å². The normalized spacial score (nSPS) is 10.1. The number of carbonyl (C=O) groups excluding carboxylic acids is 2. The molecule has 1 N–H and O–H groups in total. The maximum absolute atomic E-state index is 13.5. The molecule has 0 aliphatic carbocycles. The zero-order chi connectivity index (χ0) is 17.5. The lowest BCUT2D eigenvalue weighted by Gasteiger charge is -2.10. The van der Waals surface area contributed by atoms with E-state index in [1.54, 1.807) is 18.2 Å². The summed E-state index contributed by atoms with van der Waals surface area (Å²) in [5.74, 6) is -1.38. The zero-order valence-corrected chi connectivity index (χ0v) is 14.4. The average Bonchev–Trinajstić information content (AvgIpc) is 2.58. The van der Waals surface area contributed by atoms with E-state index in [4.69, 9.17) is 9.47 Å². The molecular weight excluding hydrogens is 381 g/mol. The smallest absolute Gasteiger partial charge is 0.325 e. The van der Waals surface area contributed by atoms with Crippen molar-refractivity contribution in [2.45, 2.75) is 6.61 Å². The van der Waals surface area contributed by atoms with Crippen molar-refractivity contribution in [2.24, 2.45) is 0 Å². The molecule has 0 unspecified atom stereocenters. The van der Waals surface area contributed by atoms with Crippen LogP contribution in [-0.4, -0.2) is 25.5 Å². The number of esters is 1. The van der Waals surface area contributed by atoms with E-state index < -0.39 is 17.7 Å². The van der Waals surface area contributed by atoms with Gasteiger partial charge in [-0.1, -0.05) is 28.1 Å². The van der Waals surface area contributed by atoms with Crippen LogP contribution in [-0.2, 0) is 16.1 Å². The van der Waals surface area contributed by atoms with Crippen LogP contribution in [0.5, 0.6) is 5.75 Å². The van der Waals surface area contributed by atoms with Gasteiger partial charge in [0.05, 0.1) is 12.7 Å². The number of benzene rings is 2. The number of amides is 1. The molecule has 2 rings (SSSR count). The van der Waals surface area contributed by atoms with Gasteiger partial charge in [0.25, 0.3) is 5.91 Å². The predicted molar refractivity (Wildman–Crippen MR) is 89.2 cm³/mol. The number of halogens is 2. The summed E-state index contributed by atoms with van der Waals surface area (Å²) in [5.41, 5.74) is 0.555. The van der Waals surface area contributed by atoms with Crippen LogP contribution in [0.4, 0.5) is 4.39 Å². The summed E-state index contributed by atoms with van der Waals surface area (Å²) >= 11 is 3.33. The van der Waals surface area contributed by atoms with Gasteiger partial charge < -0.3 is 14.8 Å². The van der Waals surface area contributed by atoms with Crippen molar-refractivity contribution in [3.05, 3.63) is 63.9 Å². The third-order valence-electron chi connectivity index (χ3n) is 3.14. The Kier molecular flexibility index (Phi) is 6.31. The van der Waals surface area contributed by atoms with E-state index in [1.807, 2.05) is 0 Å². The van der Waals surface area contributed by atoms with Crippen molar-refractivity contribution in [3.8, 4) is 5.75 Å². The van der Waals surface area contributed by atoms with Crippen molar-refractivity contribution < 1.29 is 23.5 Å². The lowest BCUT2D eigenvalue weighted by atomic mass is 10.2. The summed E-state index contributed by atoms with van der Waals surface area (Å²) < 4.78 is 24.6. The summed E-state index contributed by atoms with van der Waals surface area (Å²) in [7, 11) is 1.52. The zero-order valence-electron chi connectivity index (χ0n) is 12.8. The Hall–Kier alpha value is -2.41. The molecule has 24 heavy (non-hydrogen) atoms. The third-order valence-corrected chi connectivity index (χ3v) is 3.64. The lowest BCUT2D eigenvalue weighted by molar-refractivity contribution is -0.143. The van der Waals surface area contributed by atoms with Gasteiger partial charge in [0.15, 0.2) is 0 Å². The van der Waals surface area contributed by atoms with Crippen LogP contribution in [0, 0.1) is 5.82 Å². The fourth-order valence-corrected chi connectivity index (χ4v) is 2.37. The third kappa shape index (κ3) is 4.79. The van der Waals surface area contributed by atoms with Crippen LogP contribution >= 0.6 is 15.9 Å². The second-order valence-electron chi connectivity index (χ2n) is 4.78. The molecule has 0 aliphatic rings. The van der Waals surface area contributed by atoms with Gasteiger partial charge in [-0.15, -0.1) is 0 Å². The molecule has 2 aromatic carbocycles. The van der Waals surface area contributed by atoms with Crippen LogP contribution in [0.25, 0.3) is 0 Å². The molecule has 0 saturated heterocycles. The van der Waals surface area contributed by atoms with Gasteiger partial charge in [0.2, 0.25) is 0 Å². The minimum absolute atomic E-state index is 0.00296. The molecule has 0 heterocycles. The number of methoxy groups -OCH3 is 1. The Morgan fingerprint density at radius 2 is 1.96 bits per heavy atom. The highest BCUT2D eigenvalue weighted by Crippen LogP contribution is 2.23. The molecule has 0 aliphatic heterocycles. The Labute approximate surface area is 146 Å². The summed E-state index contributed by atoms with van der Waals surface area (Å²) in [6.45, 7) is -0.361. The highest BCUT2D eigenvalue weighted by molar-refractivity contribution is 9.10. The van der Waals surface area contributed by atoms with Crippen molar-refractivity contribution in [3.63, 3.8) is 0 Å². The number of hydrogen-bond acceptors (Lipinski definition) is 4. The first-order chi connectivity index (χ1) is 11.5. The first-order valence-electron chi connectivity index (χ1n) is 7.02. The Bertz CT molecular complexity index is 751. The Morgan fingerprint density at radius 1 is 1.21 bits per heavy atom. The van der Waals surface area contributed by atoms with E-state index in [0.29, 0.717) is 11.3 Å². The van der Waals surface area contributed by atoms with Gasteiger partial charge in [-0.05, 0) is 30.3 Å². The topological polar surface area (TPSA) is 64.6 Å². The molecule has 0 radical (unpaired) electrons. The minimum atomic E-state index is -0.676. The van der Waals surface area contributed by atoms with Crippen molar-refractivity contribution in [1.29, 1.82) is 0 Å². The van der Waals surface area contributed by atoms with E-state index in [-0.39, 0.29) is 18.7 Å². The molecule has 0 aromatic heterocycles. The summed E-state index contributed by atoms with van der Waals surface area (Å²) in [5, 5.41) is 2.32. The Balaban J connectivity index is 1.87. The largest absolute Gasteiger partial charge is 0.496 e. The predicted octanol–water partition coefficient (Wildman–Crippen LogP) is 3.07. The summed E-state index contributed by atoms with van der Waals surface area (Å²) in [6, 6.07) is 10.8. The van der Waals surface area contributed by atoms with Crippen LogP contribution in [0.15, 0.2) is 46.9 Å². The molecule has 5 nitrogen and oxygen atoms in total. The molecule has 0 fully saturated rings. The number of rotatable bonds is 6. The van der Waals surface area contributed by atoms with Crippen LogP contribution in [0.2, 0.25) is 0 Å². The molecule has 0 atom stereocenters. The van der Waals surface area contributed by atoms with Gasteiger partial charge in [0.1, 0.15) is 24.7 Å². The highest BCUT2D eigenvalue weighted by Gasteiger charge is 2.13. The number of ether oxygens (including phenoxy) is 2. The minimum Gasteiger partial charge on any atom is -0.496 e. The Morgan fingerprint density at radius 3 is 2.67 bits per heavy atom. The van der Waals surface area contributed by atoms with E-state index in [9.17, 15) is 14.0 Å². The molecule has 0 saturated carbocycles. The fourth-order valence-electron chi connectivity index (χ4n) is 1.96. The van der Waals surface area contributed by atoms with Crippen molar-refractivity contribution in [1.82, 2.24) is 5.32 Å². The van der Waals surface area contributed by atoms with E-state index in [1.165, 1.54) is 31.4 Å². The molecule has 126 valence electrons. The monoisotopic (exact) mass is 395 g/mol. The standard InChI is InChI=1S/C17H15BrFNO4/c1-23-15-7-6-12(18)8-11(15)10-24-16(21)9-20-17(22)13-4-2-3-5-14(13)19/h2-8H,9-10H2,1H3,(H,20,22). The summed E-state index contributed by atoms with van der Waals surface area (Å²) in [6.07, 6.45) is 0. The maximum atomic E-state index is 13.5. The van der Waals surface area contributed by atoms with Gasteiger partial charge in [0, 0.05) is 10.0 Å². The van der Waals surface area contributed by atoms with E-state index in [2.05, 4.69) is 21.2 Å². The number of carbonyl (C=O) groups is 2. The molecule has 0 spiro atoms. The lowest BCUT2D eigenvalue weighted by Crippen LogP contribution is -2.31. The van der Waals surface area contributed by atoms with Gasteiger partial charge in [-0.2, -0.15) is 0 Å². The number of nitrogens with one attached hydrogen (secondary N) is 1. The van der Waals surface area contributed by atoms with Crippen molar-refractivity contribution in [2.75, 3.05) is 13.7 Å². The first-order valence-corrected chi connectivity index (χ1v) is 7.81. The second-order valence-corrected chi connectivity index (χ2v) is 5.70. The average molecular weight is 396 g/mol. The van der Waals surface area contributed by atoms with Crippen LogP contribution in [0.3, 0.4) is 0 Å². The first kappa shape index (κ1) is 17.9. The molecular formula is C17H15BrFNO4. The van der Waals surface area contributed by atoms with Crippen LogP contribution < -0.4 is 10.1 Å². The summed E-state index contributed by atoms with van der Waals surface area (Å²) in [4.78, 5) is 23.5. The SMILES string of the molecule is COc1ccc(Br)cc1COC(=O)CNC(=O)c1ccccc1F. The van der Waals surface area contributed by atoms with Gasteiger partial charge in [-0.25, -0.2) is 4.39 Å². The highest BCUT2D eigenvalue weighted by atomic mass is 79.9. The van der Waals surface area contributed by atoms with E-state index >= 15 is 0 Å².